The Morgan fingerprint density at radius 2 is 1.81 bits per heavy atom. The zero-order valence-corrected chi connectivity index (χ0v) is 14.7. The van der Waals surface area contributed by atoms with E-state index in [2.05, 4.69) is 14.9 Å². The number of nitrogens with one attached hydrogen (secondary N) is 1. The third-order valence-electron chi connectivity index (χ3n) is 5.27. The second-order valence-electron chi connectivity index (χ2n) is 6.74. The number of amides is 1. The molecule has 1 amide bonds. The highest BCUT2D eigenvalue weighted by molar-refractivity contribution is 5.88. The second kappa shape index (κ2) is 7.30. The van der Waals surface area contributed by atoms with E-state index in [0.717, 1.165) is 29.4 Å². The van der Waals surface area contributed by atoms with E-state index in [4.69, 9.17) is 4.74 Å². The minimum absolute atomic E-state index is 0.0939. The molecule has 0 saturated carbocycles. The number of carbonyl (C=O) groups is 1. The molecular weight excluding hydrogens is 326 g/mol. The van der Waals surface area contributed by atoms with E-state index in [1.54, 1.807) is 0 Å². The lowest BCUT2D eigenvalue weighted by Crippen LogP contribution is -2.48. The maximum atomic E-state index is 13.1. The first-order valence-corrected chi connectivity index (χ1v) is 9.11. The standard InChI is InChI=1S/C21H23N3O2/c25-20(21(10-14-26-15-11-21)17-6-2-1-3-7-17)22-12-13-24-16-23-18-8-4-5-9-19(18)24/h1-9,16H,10-15H2,(H,22,25). The molecule has 26 heavy (non-hydrogen) atoms. The number of imidazole rings is 1. The third-order valence-corrected chi connectivity index (χ3v) is 5.27. The summed E-state index contributed by atoms with van der Waals surface area (Å²) in [4.78, 5) is 17.5. The quantitative estimate of drug-likeness (QED) is 0.771. The molecule has 0 spiro atoms. The van der Waals surface area contributed by atoms with E-state index in [1.807, 2.05) is 60.9 Å². The summed E-state index contributed by atoms with van der Waals surface area (Å²) >= 11 is 0. The molecule has 5 nitrogen and oxygen atoms in total. The van der Waals surface area contributed by atoms with Crippen LogP contribution >= 0.6 is 0 Å². The number of aromatic nitrogens is 2. The number of benzene rings is 2. The summed E-state index contributed by atoms with van der Waals surface area (Å²) in [7, 11) is 0. The van der Waals surface area contributed by atoms with Crippen LogP contribution in [0.5, 0.6) is 0 Å². The van der Waals surface area contributed by atoms with Crippen LogP contribution in [0.15, 0.2) is 60.9 Å². The van der Waals surface area contributed by atoms with Gasteiger partial charge in [0.25, 0.3) is 0 Å². The topological polar surface area (TPSA) is 56.2 Å². The third kappa shape index (κ3) is 3.10. The molecule has 0 unspecified atom stereocenters. The van der Waals surface area contributed by atoms with Crippen molar-refractivity contribution in [2.75, 3.05) is 19.8 Å². The summed E-state index contributed by atoms with van der Waals surface area (Å²) in [5.74, 6) is 0.0939. The summed E-state index contributed by atoms with van der Waals surface area (Å²) in [5.41, 5.74) is 2.65. The highest BCUT2D eigenvalue weighted by Gasteiger charge is 2.41. The van der Waals surface area contributed by atoms with Crippen molar-refractivity contribution >= 4 is 16.9 Å². The summed E-state index contributed by atoms with van der Waals surface area (Å²) in [6.07, 6.45) is 3.27. The summed E-state index contributed by atoms with van der Waals surface area (Å²) in [5, 5.41) is 3.15. The lowest BCUT2D eigenvalue weighted by Gasteiger charge is -2.36. The van der Waals surface area contributed by atoms with Crippen LogP contribution in [-0.4, -0.2) is 35.2 Å². The minimum atomic E-state index is -0.490. The van der Waals surface area contributed by atoms with Gasteiger partial charge in [-0.3, -0.25) is 4.79 Å². The number of hydrogen-bond acceptors (Lipinski definition) is 3. The van der Waals surface area contributed by atoms with Gasteiger partial charge in [-0.15, -0.1) is 0 Å². The number of para-hydroxylation sites is 2. The van der Waals surface area contributed by atoms with Gasteiger partial charge in [-0.1, -0.05) is 42.5 Å². The van der Waals surface area contributed by atoms with Crippen molar-refractivity contribution in [3.63, 3.8) is 0 Å². The number of carbonyl (C=O) groups excluding carboxylic acids is 1. The van der Waals surface area contributed by atoms with Crippen LogP contribution in [-0.2, 0) is 21.5 Å². The monoisotopic (exact) mass is 349 g/mol. The lowest BCUT2D eigenvalue weighted by molar-refractivity contribution is -0.130. The van der Waals surface area contributed by atoms with Gasteiger partial charge in [0.2, 0.25) is 5.91 Å². The Morgan fingerprint density at radius 3 is 2.62 bits per heavy atom. The number of nitrogens with zero attached hydrogens (tertiary/aromatic N) is 2. The summed E-state index contributed by atoms with van der Waals surface area (Å²) in [6.45, 7) is 2.52. The molecule has 0 radical (unpaired) electrons. The van der Waals surface area contributed by atoms with E-state index in [9.17, 15) is 4.79 Å². The molecule has 134 valence electrons. The van der Waals surface area contributed by atoms with Gasteiger partial charge in [0.05, 0.1) is 22.8 Å². The average molecular weight is 349 g/mol. The Hall–Kier alpha value is -2.66. The van der Waals surface area contributed by atoms with Gasteiger partial charge in [0.1, 0.15) is 0 Å². The first-order chi connectivity index (χ1) is 12.8. The van der Waals surface area contributed by atoms with E-state index in [0.29, 0.717) is 26.3 Å². The second-order valence-corrected chi connectivity index (χ2v) is 6.74. The van der Waals surface area contributed by atoms with Gasteiger partial charge in [-0.25, -0.2) is 4.98 Å². The number of rotatable bonds is 5. The van der Waals surface area contributed by atoms with Crippen LogP contribution in [0.2, 0.25) is 0 Å². The van der Waals surface area contributed by atoms with Crippen molar-refractivity contribution in [3.8, 4) is 0 Å². The zero-order chi connectivity index (χ0) is 17.8. The van der Waals surface area contributed by atoms with Crippen molar-refractivity contribution in [1.29, 1.82) is 0 Å². The molecular formula is C21H23N3O2. The fraction of sp³-hybridized carbons (Fsp3) is 0.333. The van der Waals surface area contributed by atoms with Crippen molar-refractivity contribution in [1.82, 2.24) is 14.9 Å². The molecule has 5 heteroatoms. The van der Waals surface area contributed by atoms with Crippen molar-refractivity contribution in [2.45, 2.75) is 24.8 Å². The first-order valence-electron chi connectivity index (χ1n) is 9.11. The SMILES string of the molecule is O=C(NCCn1cnc2ccccc21)C1(c2ccccc2)CCOCC1. The van der Waals surface area contributed by atoms with Gasteiger partial charge < -0.3 is 14.6 Å². The molecule has 1 aromatic heterocycles. The average Bonchev–Trinajstić information content (AvgIpc) is 3.12. The predicted octanol–water partition coefficient (Wildman–Crippen LogP) is 2.90. The molecule has 1 fully saturated rings. The summed E-state index contributed by atoms with van der Waals surface area (Å²) in [6, 6.07) is 18.1. The molecule has 0 atom stereocenters. The van der Waals surface area contributed by atoms with Crippen molar-refractivity contribution < 1.29 is 9.53 Å². The normalized spacial score (nSPS) is 16.5. The number of fused-ring (bicyclic) bond motifs is 1. The lowest BCUT2D eigenvalue weighted by atomic mass is 9.73. The zero-order valence-electron chi connectivity index (χ0n) is 14.7. The van der Waals surface area contributed by atoms with Crippen LogP contribution in [0, 0.1) is 0 Å². The number of ether oxygens (including phenoxy) is 1. The highest BCUT2D eigenvalue weighted by Crippen LogP contribution is 2.35. The molecule has 2 heterocycles. The molecule has 1 saturated heterocycles. The van der Waals surface area contributed by atoms with E-state index >= 15 is 0 Å². The molecule has 0 bridgehead atoms. The number of hydrogen-bond donors (Lipinski definition) is 1. The molecule has 1 aliphatic heterocycles. The fourth-order valence-corrected chi connectivity index (χ4v) is 3.77. The Balaban J connectivity index is 1.47. The van der Waals surface area contributed by atoms with Crippen LogP contribution in [0.25, 0.3) is 11.0 Å². The smallest absolute Gasteiger partial charge is 0.230 e. The Labute approximate surface area is 153 Å². The fourth-order valence-electron chi connectivity index (χ4n) is 3.77. The van der Waals surface area contributed by atoms with Crippen LogP contribution in [0.4, 0.5) is 0 Å². The van der Waals surface area contributed by atoms with Crippen LogP contribution in [0.3, 0.4) is 0 Å². The van der Waals surface area contributed by atoms with Crippen molar-refractivity contribution in [3.05, 3.63) is 66.5 Å². The van der Waals surface area contributed by atoms with Gasteiger partial charge in [-0.2, -0.15) is 0 Å². The van der Waals surface area contributed by atoms with Gasteiger partial charge >= 0.3 is 0 Å². The van der Waals surface area contributed by atoms with Gasteiger partial charge in [0.15, 0.2) is 0 Å². The van der Waals surface area contributed by atoms with E-state index in [1.165, 1.54) is 0 Å². The highest BCUT2D eigenvalue weighted by atomic mass is 16.5. The summed E-state index contributed by atoms with van der Waals surface area (Å²) < 4.78 is 7.59. The largest absolute Gasteiger partial charge is 0.381 e. The minimum Gasteiger partial charge on any atom is -0.381 e. The molecule has 0 aliphatic carbocycles. The molecule has 2 aromatic carbocycles. The van der Waals surface area contributed by atoms with Gasteiger partial charge in [0, 0.05) is 26.3 Å². The molecule has 4 rings (SSSR count). The maximum absolute atomic E-state index is 13.1. The maximum Gasteiger partial charge on any atom is 0.230 e. The molecule has 1 aliphatic rings. The first kappa shape index (κ1) is 16.8. The Bertz CT molecular complexity index is 882. The molecule has 1 N–H and O–H groups in total. The molecule has 3 aromatic rings. The van der Waals surface area contributed by atoms with E-state index in [-0.39, 0.29) is 5.91 Å². The van der Waals surface area contributed by atoms with Crippen molar-refractivity contribution in [2.24, 2.45) is 0 Å². The van der Waals surface area contributed by atoms with Gasteiger partial charge in [-0.05, 0) is 30.5 Å². The van der Waals surface area contributed by atoms with Crippen LogP contribution < -0.4 is 5.32 Å². The van der Waals surface area contributed by atoms with Crippen LogP contribution in [0.1, 0.15) is 18.4 Å². The predicted molar refractivity (Wildman–Crippen MR) is 101 cm³/mol. The van der Waals surface area contributed by atoms with E-state index < -0.39 is 5.41 Å². The Kier molecular flexibility index (Phi) is 4.71. The Morgan fingerprint density at radius 1 is 1.08 bits per heavy atom.